The maximum Gasteiger partial charge on any atom is 0.247 e. The zero-order valence-corrected chi connectivity index (χ0v) is 19.6. The quantitative estimate of drug-likeness (QED) is 0.409. The summed E-state index contributed by atoms with van der Waals surface area (Å²) in [7, 11) is 3.16. The summed E-state index contributed by atoms with van der Waals surface area (Å²) < 4.78 is 10.5. The number of rotatable bonds is 10. The molecule has 3 rings (SSSR count). The van der Waals surface area contributed by atoms with Crippen LogP contribution in [0.15, 0.2) is 49.3 Å². The fourth-order valence-electron chi connectivity index (χ4n) is 3.15. The number of anilines is 3. The Morgan fingerprint density at radius 2 is 1.94 bits per heavy atom. The van der Waals surface area contributed by atoms with Gasteiger partial charge in [-0.2, -0.15) is 0 Å². The van der Waals surface area contributed by atoms with Crippen LogP contribution in [0.2, 0.25) is 5.02 Å². The lowest BCUT2D eigenvalue weighted by Crippen LogP contribution is -2.10. The summed E-state index contributed by atoms with van der Waals surface area (Å²) >= 11 is 6.34. The molecule has 0 atom stereocenters. The molecule has 0 aliphatic heterocycles. The lowest BCUT2D eigenvalue weighted by molar-refractivity contribution is -0.111. The number of pyridine rings is 1. The molecule has 0 saturated carbocycles. The van der Waals surface area contributed by atoms with Gasteiger partial charge in [-0.15, -0.1) is 0 Å². The van der Waals surface area contributed by atoms with Gasteiger partial charge in [0.15, 0.2) is 5.82 Å². The van der Waals surface area contributed by atoms with Gasteiger partial charge < -0.3 is 20.1 Å². The fourth-order valence-corrected chi connectivity index (χ4v) is 3.29. The number of nitrogens with one attached hydrogen (secondary N) is 2. The van der Waals surface area contributed by atoms with Gasteiger partial charge in [0.1, 0.15) is 16.6 Å². The first-order chi connectivity index (χ1) is 15.9. The Balaban J connectivity index is 1.74. The van der Waals surface area contributed by atoms with Crippen LogP contribution >= 0.6 is 11.6 Å². The molecule has 0 fully saturated rings. The van der Waals surface area contributed by atoms with Crippen molar-refractivity contribution in [3.05, 3.63) is 71.3 Å². The number of amides is 1. The SMILES string of the molecule is C=CC(=O)Nc1cc(OC)ccc1Nc1nc(CCCc2cc(OC)ncc2C)ncc1Cl. The molecule has 9 heteroatoms. The van der Waals surface area contributed by atoms with E-state index >= 15 is 0 Å². The highest BCUT2D eigenvalue weighted by Crippen LogP contribution is 2.31. The Morgan fingerprint density at radius 3 is 2.67 bits per heavy atom. The highest BCUT2D eigenvalue weighted by Gasteiger charge is 2.12. The number of methoxy groups -OCH3 is 2. The van der Waals surface area contributed by atoms with Crippen molar-refractivity contribution in [3.8, 4) is 11.6 Å². The van der Waals surface area contributed by atoms with Crippen molar-refractivity contribution in [1.82, 2.24) is 15.0 Å². The summed E-state index contributed by atoms with van der Waals surface area (Å²) in [5.41, 5.74) is 3.41. The van der Waals surface area contributed by atoms with Gasteiger partial charge in [0.05, 0.1) is 31.8 Å². The Labute approximate surface area is 198 Å². The van der Waals surface area contributed by atoms with Gasteiger partial charge >= 0.3 is 0 Å². The Kier molecular flexibility index (Phi) is 8.21. The van der Waals surface area contributed by atoms with E-state index in [4.69, 9.17) is 21.1 Å². The average molecular weight is 468 g/mol. The van der Waals surface area contributed by atoms with Crippen molar-refractivity contribution in [3.63, 3.8) is 0 Å². The first kappa shape index (κ1) is 24.0. The van der Waals surface area contributed by atoms with Crippen LogP contribution in [0.1, 0.15) is 23.4 Å². The predicted octanol–water partition coefficient (Wildman–Crippen LogP) is 4.89. The smallest absolute Gasteiger partial charge is 0.247 e. The summed E-state index contributed by atoms with van der Waals surface area (Å²) in [5.74, 6) is 1.96. The number of ether oxygens (including phenoxy) is 2. The van der Waals surface area contributed by atoms with E-state index < -0.39 is 0 Å². The van der Waals surface area contributed by atoms with Crippen molar-refractivity contribution in [1.29, 1.82) is 0 Å². The maximum absolute atomic E-state index is 11.8. The topological polar surface area (TPSA) is 98.3 Å². The third-order valence-corrected chi connectivity index (χ3v) is 5.24. The van der Waals surface area contributed by atoms with E-state index in [-0.39, 0.29) is 5.91 Å². The maximum atomic E-state index is 11.8. The highest BCUT2D eigenvalue weighted by atomic mass is 35.5. The van der Waals surface area contributed by atoms with Crippen LogP contribution in [0.3, 0.4) is 0 Å². The van der Waals surface area contributed by atoms with Gasteiger partial charge in [-0.25, -0.2) is 15.0 Å². The monoisotopic (exact) mass is 467 g/mol. The third kappa shape index (κ3) is 6.43. The second kappa shape index (κ2) is 11.3. The fraction of sp³-hybridized carbons (Fsp3) is 0.250. The zero-order valence-electron chi connectivity index (χ0n) is 18.8. The van der Waals surface area contributed by atoms with Gasteiger partial charge in [0.2, 0.25) is 11.8 Å². The molecule has 3 aromatic rings. The lowest BCUT2D eigenvalue weighted by atomic mass is 10.0. The molecule has 8 nitrogen and oxygen atoms in total. The number of benzene rings is 1. The number of hydrogen-bond donors (Lipinski definition) is 2. The van der Waals surface area contributed by atoms with Crippen molar-refractivity contribution >= 4 is 34.7 Å². The molecule has 0 spiro atoms. The number of aryl methyl sites for hydroxylation is 3. The molecule has 0 unspecified atom stereocenters. The van der Waals surface area contributed by atoms with Gasteiger partial charge in [0.25, 0.3) is 0 Å². The van der Waals surface area contributed by atoms with Crippen LogP contribution in [0.4, 0.5) is 17.2 Å². The molecule has 172 valence electrons. The molecule has 0 radical (unpaired) electrons. The molecule has 33 heavy (non-hydrogen) atoms. The van der Waals surface area contributed by atoms with E-state index in [9.17, 15) is 4.79 Å². The minimum absolute atomic E-state index is 0.344. The number of carbonyl (C=O) groups is 1. The van der Waals surface area contributed by atoms with Crippen LogP contribution in [0.25, 0.3) is 0 Å². The molecular weight excluding hydrogens is 442 g/mol. The summed E-state index contributed by atoms with van der Waals surface area (Å²) in [6.07, 6.45) is 6.93. The molecule has 0 aliphatic carbocycles. The van der Waals surface area contributed by atoms with Crippen molar-refractivity contribution in [2.45, 2.75) is 26.2 Å². The van der Waals surface area contributed by atoms with E-state index in [0.717, 1.165) is 18.4 Å². The normalized spacial score (nSPS) is 10.4. The second-order valence-electron chi connectivity index (χ2n) is 7.22. The number of aromatic nitrogens is 3. The van der Waals surface area contributed by atoms with Crippen molar-refractivity contribution in [2.75, 3.05) is 24.9 Å². The first-order valence-electron chi connectivity index (χ1n) is 10.3. The lowest BCUT2D eigenvalue weighted by Gasteiger charge is -2.14. The summed E-state index contributed by atoms with van der Waals surface area (Å²) in [6, 6.07) is 7.20. The molecule has 0 aliphatic rings. The molecule has 2 aromatic heterocycles. The summed E-state index contributed by atoms with van der Waals surface area (Å²) in [5, 5.41) is 6.30. The Morgan fingerprint density at radius 1 is 1.12 bits per heavy atom. The van der Waals surface area contributed by atoms with Gasteiger partial charge in [-0.3, -0.25) is 4.79 Å². The van der Waals surface area contributed by atoms with Crippen molar-refractivity contribution in [2.24, 2.45) is 0 Å². The summed E-state index contributed by atoms with van der Waals surface area (Å²) in [4.78, 5) is 25.0. The molecule has 1 aromatic carbocycles. The van der Waals surface area contributed by atoms with E-state index in [1.54, 1.807) is 38.6 Å². The van der Waals surface area contributed by atoms with Crippen LogP contribution in [0, 0.1) is 6.92 Å². The second-order valence-corrected chi connectivity index (χ2v) is 7.63. The third-order valence-electron chi connectivity index (χ3n) is 4.96. The number of carbonyl (C=O) groups excluding carboxylic acids is 1. The molecule has 0 saturated heterocycles. The molecule has 1 amide bonds. The van der Waals surface area contributed by atoms with Crippen LogP contribution in [0.5, 0.6) is 11.6 Å². The zero-order chi connectivity index (χ0) is 23.8. The van der Waals surface area contributed by atoms with E-state index in [2.05, 4.69) is 32.2 Å². The molecule has 0 bridgehead atoms. The predicted molar refractivity (Wildman–Crippen MR) is 130 cm³/mol. The molecular formula is C24H26ClN5O3. The van der Waals surface area contributed by atoms with E-state index in [1.807, 2.05) is 19.2 Å². The van der Waals surface area contributed by atoms with Crippen molar-refractivity contribution < 1.29 is 14.3 Å². The van der Waals surface area contributed by atoms with Gasteiger partial charge in [0, 0.05) is 24.8 Å². The molecule has 2 heterocycles. The minimum Gasteiger partial charge on any atom is -0.497 e. The number of nitrogens with zero attached hydrogens (tertiary/aromatic N) is 3. The average Bonchev–Trinajstić information content (AvgIpc) is 2.83. The van der Waals surface area contributed by atoms with Crippen LogP contribution < -0.4 is 20.1 Å². The van der Waals surface area contributed by atoms with Crippen LogP contribution in [-0.2, 0) is 17.6 Å². The summed E-state index contributed by atoms with van der Waals surface area (Å²) in [6.45, 7) is 5.52. The highest BCUT2D eigenvalue weighted by molar-refractivity contribution is 6.32. The first-order valence-corrected chi connectivity index (χ1v) is 10.7. The standard InChI is InChI=1S/C24H26ClN5O3/c1-5-22(31)28-20-12-17(32-3)9-10-19(20)29-24-18(25)14-26-21(30-24)8-6-7-16-11-23(33-4)27-13-15(16)2/h5,9-14H,1,6-8H2,2-4H3,(H,28,31)(H,26,29,30). The Hall–Kier alpha value is -3.65. The van der Waals surface area contributed by atoms with Gasteiger partial charge in [-0.05, 0) is 49.1 Å². The number of hydrogen-bond acceptors (Lipinski definition) is 7. The Bertz CT molecular complexity index is 1150. The van der Waals surface area contributed by atoms with Gasteiger partial charge in [-0.1, -0.05) is 18.2 Å². The number of halogens is 1. The molecule has 2 N–H and O–H groups in total. The largest absolute Gasteiger partial charge is 0.497 e. The van der Waals surface area contributed by atoms with Crippen LogP contribution in [-0.4, -0.2) is 35.1 Å². The van der Waals surface area contributed by atoms with E-state index in [1.165, 1.54) is 11.6 Å². The minimum atomic E-state index is -0.344. The van der Waals surface area contributed by atoms with E-state index in [0.29, 0.717) is 46.1 Å².